The predicted molar refractivity (Wildman–Crippen MR) is 127 cm³/mol. The lowest BCUT2D eigenvalue weighted by molar-refractivity contribution is 0.125. The van der Waals surface area contributed by atoms with Gasteiger partial charge in [0.1, 0.15) is 12.0 Å². The van der Waals surface area contributed by atoms with Crippen LogP contribution in [0.15, 0.2) is 67.3 Å². The Kier molecular flexibility index (Phi) is 5.34. The molecule has 0 radical (unpaired) electrons. The molecule has 0 spiro atoms. The molecule has 6 nitrogen and oxygen atoms in total. The van der Waals surface area contributed by atoms with Gasteiger partial charge in [0.05, 0.1) is 6.20 Å². The summed E-state index contributed by atoms with van der Waals surface area (Å²) >= 11 is 0. The van der Waals surface area contributed by atoms with Crippen molar-refractivity contribution in [2.45, 2.75) is 25.0 Å². The van der Waals surface area contributed by atoms with Gasteiger partial charge in [-0.25, -0.2) is 4.98 Å². The first-order chi connectivity index (χ1) is 15.1. The molecule has 31 heavy (non-hydrogen) atoms. The number of fused-ring (bicyclic) bond motifs is 1. The smallest absolute Gasteiger partial charge is 0.134 e. The summed E-state index contributed by atoms with van der Waals surface area (Å²) in [5, 5.41) is 6.66. The Morgan fingerprint density at radius 1 is 0.968 bits per heavy atom. The molecule has 1 aromatic carbocycles. The molecule has 3 aromatic rings. The Hall–Kier alpha value is -2.96. The molecular formula is C25H30N6. The van der Waals surface area contributed by atoms with Crippen molar-refractivity contribution in [2.75, 3.05) is 32.1 Å². The van der Waals surface area contributed by atoms with E-state index in [0.29, 0.717) is 6.04 Å². The maximum absolute atomic E-state index is 4.81. The zero-order valence-corrected chi connectivity index (χ0v) is 18.5. The van der Waals surface area contributed by atoms with E-state index in [1.54, 1.807) is 0 Å². The molecule has 160 valence electrons. The van der Waals surface area contributed by atoms with E-state index in [2.05, 4.69) is 88.8 Å². The molecule has 1 unspecified atom stereocenters. The van der Waals surface area contributed by atoms with E-state index in [9.17, 15) is 0 Å². The third-order valence-corrected chi connectivity index (χ3v) is 6.54. The largest absolute Gasteiger partial charge is 0.313 e. The first-order valence-corrected chi connectivity index (χ1v) is 11.0. The van der Waals surface area contributed by atoms with Crippen LogP contribution >= 0.6 is 0 Å². The molecule has 2 aliphatic rings. The van der Waals surface area contributed by atoms with Crippen molar-refractivity contribution in [3.63, 3.8) is 0 Å². The Bertz CT molecular complexity index is 1120. The van der Waals surface area contributed by atoms with Crippen molar-refractivity contribution in [1.29, 1.82) is 0 Å². The minimum absolute atomic E-state index is 0.208. The number of pyridine rings is 1. The maximum Gasteiger partial charge on any atom is 0.134 e. The highest BCUT2D eigenvalue weighted by atomic mass is 15.4. The number of aromatic nitrogens is 3. The third kappa shape index (κ3) is 4.01. The molecule has 2 aliphatic heterocycles. The highest BCUT2D eigenvalue weighted by Crippen LogP contribution is 2.29. The number of benzene rings is 1. The van der Waals surface area contributed by atoms with Crippen LogP contribution in [0.3, 0.4) is 0 Å². The van der Waals surface area contributed by atoms with Gasteiger partial charge in [0, 0.05) is 55.7 Å². The van der Waals surface area contributed by atoms with Crippen LogP contribution in [-0.2, 0) is 7.05 Å². The van der Waals surface area contributed by atoms with Gasteiger partial charge in [-0.2, -0.15) is 5.10 Å². The minimum Gasteiger partial charge on any atom is -0.313 e. The zero-order valence-electron chi connectivity index (χ0n) is 18.5. The summed E-state index contributed by atoms with van der Waals surface area (Å²) in [7, 11) is 6.33. The highest BCUT2D eigenvalue weighted by Gasteiger charge is 2.29. The average Bonchev–Trinajstić information content (AvgIpc) is 3.24. The van der Waals surface area contributed by atoms with Gasteiger partial charge in [-0.1, -0.05) is 18.2 Å². The molecule has 0 saturated carbocycles. The number of anilines is 1. The molecule has 2 aromatic heterocycles. The molecule has 1 saturated heterocycles. The van der Waals surface area contributed by atoms with E-state index in [-0.39, 0.29) is 6.17 Å². The number of rotatable bonds is 4. The van der Waals surface area contributed by atoms with Crippen LogP contribution < -0.4 is 4.90 Å². The summed E-state index contributed by atoms with van der Waals surface area (Å²) < 4.78 is 1.84. The van der Waals surface area contributed by atoms with Gasteiger partial charge in [0.25, 0.3) is 0 Å². The lowest BCUT2D eigenvalue weighted by Gasteiger charge is -2.43. The number of piperidine rings is 1. The number of hydrogen-bond acceptors (Lipinski definition) is 5. The Balaban J connectivity index is 1.43. The number of hydrogen-bond donors (Lipinski definition) is 0. The molecule has 0 aliphatic carbocycles. The van der Waals surface area contributed by atoms with Crippen LogP contribution in [-0.4, -0.2) is 64.0 Å². The fourth-order valence-corrected chi connectivity index (χ4v) is 4.68. The number of aryl methyl sites for hydroxylation is 1. The van der Waals surface area contributed by atoms with Crippen LogP contribution in [0.25, 0.3) is 21.9 Å². The Morgan fingerprint density at radius 3 is 2.55 bits per heavy atom. The highest BCUT2D eigenvalue weighted by molar-refractivity contribution is 5.88. The van der Waals surface area contributed by atoms with Crippen molar-refractivity contribution >= 4 is 16.6 Å². The normalized spacial score (nSPS) is 20.3. The second-order valence-electron chi connectivity index (χ2n) is 8.79. The van der Waals surface area contributed by atoms with Crippen LogP contribution in [0.2, 0.25) is 0 Å². The summed E-state index contributed by atoms with van der Waals surface area (Å²) in [5.41, 5.74) is 2.30. The summed E-state index contributed by atoms with van der Waals surface area (Å²) in [6.45, 7) is 2.20. The van der Waals surface area contributed by atoms with Crippen molar-refractivity contribution < 1.29 is 0 Å². The second kappa shape index (κ2) is 8.29. The topological polar surface area (TPSA) is 40.4 Å². The Labute approximate surface area is 184 Å². The van der Waals surface area contributed by atoms with Gasteiger partial charge in [0.15, 0.2) is 0 Å². The number of likely N-dealkylation sites (tertiary alicyclic amines) is 1. The molecule has 6 heteroatoms. The maximum atomic E-state index is 4.81. The van der Waals surface area contributed by atoms with Crippen molar-refractivity contribution in [3.8, 4) is 11.1 Å². The standard InChI is InChI=1S/C25H30N6/c1-28(2)23-9-12-30(13-10-23)25-6-4-5-11-31(25)24-15-21-14-19(7-8-20(21)16-26-24)22-17-27-29(3)18-22/h4-8,11,14-18,23,25H,9-10,12-13H2,1-3H3. The summed E-state index contributed by atoms with van der Waals surface area (Å²) in [6.07, 6.45) is 17.3. The van der Waals surface area contributed by atoms with Crippen molar-refractivity contribution in [1.82, 2.24) is 24.6 Å². The van der Waals surface area contributed by atoms with E-state index in [0.717, 1.165) is 29.9 Å². The van der Waals surface area contributed by atoms with Gasteiger partial charge in [-0.3, -0.25) is 9.58 Å². The molecule has 4 heterocycles. The molecule has 1 atom stereocenters. The van der Waals surface area contributed by atoms with Gasteiger partial charge < -0.3 is 9.80 Å². The van der Waals surface area contributed by atoms with E-state index >= 15 is 0 Å². The summed E-state index contributed by atoms with van der Waals surface area (Å²) in [5.74, 6) is 0.983. The molecule has 0 N–H and O–H groups in total. The molecule has 0 bridgehead atoms. The summed E-state index contributed by atoms with van der Waals surface area (Å²) in [4.78, 5) is 12.0. The van der Waals surface area contributed by atoms with Crippen molar-refractivity contribution in [2.24, 2.45) is 7.05 Å². The molecule has 1 fully saturated rings. The molecule has 0 amide bonds. The fraction of sp³-hybridized carbons (Fsp3) is 0.360. The molecular weight excluding hydrogens is 384 g/mol. The number of allylic oxidation sites excluding steroid dienone is 2. The third-order valence-electron chi connectivity index (χ3n) is 6.54. The molecule has 5 rings (SSSR count). The average molecular weight is 415 g/mol. The van der Waals surface area contributed by atoms with Gasteiger partial charge in [0.2, 0.25) is 0 Å². The van der Waals surface area contributed by atoms with E-state index < -0.39 is 0 Å². The quantitative estimate of drug-likeness (QED) is 0.648. The van der Waals surface area contributed by atoms with Crippen LogP contribution in [0, 0.1) is 0 Å². The summed E-state index contributed by atoms with van der Waals surface area (Å²) in [6, 6.07) is 9.40. The Morgan fingerprint density at radius 2 is 1.81 bits per heavy atom. The van der Waals surface area contributed by atoms with Crippen LogP contribution in [0.5, 0.6) is 0 Å². The first kappa shape index (κ1) is 20.0. The second-order valence-corrected chi connectivity index (χ2v) is 8.79. The van der Waals surface area contributed by atoms with Crippen LogP contribution in [0.4, 0.5) is 5.82 Å². The minimum atomic E-state index is 0.208. The lowest BCUT2D eigenvalue weighted by Crippen LogP contribution is -2.51. The monoisotopic (exact) mass is 414 g/mol. The van der Waals surface area contributed by atoms with Gasteiger partial charge in [-0.05, 0) is 62.2 Å². The zero-order chi connectivity index (χ0) is 21.4. The van der Waals surface area contributed by atoms with Gasteiger partial charge in [-0.15, -0.1) is 0 Å². The van der Waals surface area contributed by atoms with Gasteiger partial charge >= 0.3 is 0 Å². The van der Waals surface area contributed by atoms with E-state index in [1.807, 2.05) is 24.1 Å². The lowest BCUT2D eigenvalue weighted by atomic mass is 10.0. The predicted octanol–water partition coefficient (Wildman–Crippen LogP) is 3.88. The SMILES string of the molecule is CN(C)C1CCN(C2C=CC=CN2c2cc3cc(-c4cnn(C)c4)ccc3cn2)CC1. The first-order valence-electron chi connectivity index (χ1n) is 11.0. The van der Waals surface area contributed by atoms with Crippen molar-refractivity contribution in [3.05, 3.63) is 67.3 Å². The number of nitrogens with zero attached hydrogens (tertiary/aromatic N) is 6. The van der Waals surface area contributed by atoms with Crippen LogP contribution in [0.1, 0.15) is 12.8 Å². The fourth-order valence-electron chi connectivity index (χ4n) is 4.68. The van der Waals surface area contributed by atoms with E-state index in [4.69, 9.17) is 4.98 Å². The van der Waals surface area contributed by atoms with E-state index in [1.165, 1.54) is 23.8 Å².